The first kappa shape index (κ1) is 18.8. The van der Waals surface area contributed by atoms with E-state index in [0.29, 0.717) is 20.9 Å². The number of ether oxygens (including phenoxy) is 2. The van der Waals surface area contributed by atoms with Crippen molar-refractivity contribution >= 4 is 60.7 Å². The normalized spacial score (nSPS) is 11.7. The van der Waals surface area contributed by atoms with E-state index in [1.807, 2.05) is 12.1 Å². The van der Waals surface area contributed by atoms with Crippen LogP contribution in [-0.4, -0.2) is 30.2 Å². The maximum absolute atomic E-state index is 12.5. The first-order valence-corrected chi connectivity index (χ1v) is 10.1. The molecule has 0 spiro atoms. The number of nitrogens with zero attached hydrogens (tertiary/aromatic N) is 2. The summed E-state index contributed by atoms with van der Waals surface area (Å²) < 4.78 is 13.9. The van der Waals surface area contributed by atoms with Crippen LogP contribution in [0.3, 0.4) is 0 Å². The second kappa shape index (κ2) is 8.15. The standard InChI is InChI=1S/C17H15BrN2O4S2/c1-3-24-14(21)9-20-15-10(23-2)5-4-6-11(15)26-17(20)19-16(22)12-7-8-13(18)25-12/h4-8H,3,9H2,1-2H3. The summed E-state index contributed by atoms with van der Waals surface area (Å²) in [5.74, 6) is -0.148. The molecule has 3 rings (SSSR count). The Morgan fingerprint density at radius 3 is 2.69 bits per heavy atom. The first-order valence-electron chi connectivity index (χ1n) is 7.69. The van der Waals surface area contributed by atoms with Crippen LogP contribution in [0.5, 0.6) is 5.75 Å². The van der Waals surface area contributed by atoms with Gasteiger partial charge in [0.25, 0.3) is 5.91 Å². The zero-order valence-corrected chi connectivity index (χ0v) is 17.2. The van der Waals surface area contributed by atoms with E-state index in [1.54, 1.807) is 36.8 Å². The maximum Gasteiger partial charge on any atom is 0.326 e. The molecule has 3 aromatic rings. The summed E-state index contributed by atoms with van der Waals surface area (Å²) in [6, 6.07) is 9.07. The van der Waals surface area contributed by atoms with E-state index in [0.717, 1.165) is 8.49 Å². The molecule has 0 atom stereocenters. The molecule has 0 aliphatic carbocycles. The second-order valence-electron chi connectivity index (χ2n) is 5.10. The number of carbonyl (C=O) groups is 2. The van der Waals surface area contributed by atoms with Crippen molar-refractivity contribution < 1.29 is 19.1 Å². The van der Waals surface area contributed by atoms with Crippen LogP contribution < -0.4 is 9.54 Å². The van der Waals surface area contributed by atoms with Gasteiger partial charge in [-0.1, -0.05) is 17.4 Å². The number of thiazole rings is 1. The molecular weight excluding hydrogens is 440 g/mol. The van der Waals surface area contributed by atoms with Crippen molar-refractivity contribution in [2.45, 2.75) is 13.5 Å². The molecule has 6 nitrogen and oxygen atoms in total. The SMILES string of the molecule is CCOC(=O)Cn1c(=NC(=O)c2ccc(Br)s2)sc2cccc(OC)c21. The van der Waals surface area contributed by atoms with Gasteiger partial charge in [-0.05, 0) is 47.1 Å². The number of thiophene rings is 1. The lowest BCUT2D eigenvalue weighted by Crippen LogP contribution is -2.23. The average molecular weight is 455 g/mol. The third-order valence-electron chi connectivity index (χ3n) is 3.46. The zero-order valence-electron chi connectivity index (χ0n) is 14.0. The molecule has 136 valence electrons. The topological polar surface area (TPSA) is 69.9 Å². The summed E-state index contributed by atoms with van der Waals surface area (Å²) in [4.78, 5) is 29.7. The highest BCUT2D eigenvalue weighted by Gasteiger charge is 2.16. The van der Waals surface area contributed by atoms with Crippen LogP contribution in [-0.2, 0) is 16.1 Å². The Kier molecular flexibility index (Phi) is 5.90. The van der Waals surface area contributed by atoms with Gasteiger partial charge in [-0.25, -0.2) is 0 Å². The number of para-hydroxylation sites is 1. The fourth-order valence-corrected chi connectivity index (χ4v) is 4.72. The van der Waals surface area contributed by atoms with Crippen LogP contribution in [0.15, 0.2) is 39.1 Å². The second-order valence-corrected chi connectivity index (χ2v) is 8.58. The number of hydrogen-bond donors (Lipinski definition) is 0. The molecule has 0 unspecified atom stereocenters. The molecule has 0 fully saturated rings. The molecule has 0 bridgehead atoms. The molecule has 0 saturated carbocycles. The largest absolute Gasteiger partial charge is 0.495 e. The van der Waals surface area contributed by atoms with Crippen LogP contribution in [0.2, 0.25) is 0 Å². The number of hydrogen-bond acceptors (Lipinski definition) is 6. The number of halogens is 1. The van der Waals surface area contributed by atoms with Crippen LogP contribution >= 0.6 is 38.6 Å². The minimum Gasteiger partial charge on any atom is -0.495 e. The lowest BCUT2D eigenvalue weighted by atomic mass is 10.3. The predicted molar refractivity (Wildman–Crippen MR) is 105 cm³/mol. The van der Waals surface area contributed by atoms with Crippen molar-refractivity contribution in [3.05, 3.63) is 43.8 Å². The van der Waals surface area contributed by atoms with Gasteiger partial charge in [0.05, 0.1) is 27.1 Å². The van der Waals surface area contributed by atoms with Gasteiger partial charge in [-0.15, -0.1) is 11.3 Å². The molecule has 2 aromatic heterocycles. The molecule has 0 aliphatic heterocycles. The molecule has 2 heterocycles. The number of fused-ring (bicyclic) bond motifs is 1. The quantitative estimate of drug-likeness (QED) is 0.549. The highest BCUT2D eigenvalue weighted by Crippen LogP contribution is 2.28. The molecule has 1 aromatic carbocycles. The van der Waals surface area contributed by atoms with Gasteiger partial charge < -0.3 is 14.0 Å². The Morgan fingerprint density at radius 2 is 2.04 bits per heavy atom. The van der Waals surface area contributed by atoms with Crippen LogP contribution in [0.1, 0.15) is 16.6 Å². The molecule has 9 heteroatoms. The molecule has 1 amide bonds. The number of rotatable bonds is 5. The number of esters is 1. The maximum atomic E-state index is 12.5. The number of amides is 1. The van der Waals surface area contributed by atoms with Crippen molar-refractivity contribution in [1.82, 2.24) is 4.57 Å². The number of benzene rings is 1. The number of methoxy groups -OCH3 is 1. The molecule has 0 N–H and O–H groups in total. The smallest absolute Gasteiger partial charge is 0.326 e. The average Bonchev–Trinajstić information content (AvgIpc) is 3.19. The van der Waals surface area contributed by atoms with E-state index in [1.165, 1.54) is 22.7 Å². The Morgan fingerprint density at radius 1 is 1.23 bits per heavy atom. The molecule has 0 radical (unpaired) electrons. The summed E-state index contributed by atoms with van der Waals surface area (Å²) in [7, 11) is 1.56. The van der Waals surface area contributed by atoms with E-state index < -0.39 is 5.97 Å². The van der Waals surface area contributed by atoms with Gasteiger partial charge in [0.2, 0.25) is 0 Å². The summed E-state index contributed by atoms with van der Waals surface area (Å²) in [6.07, 6.45) is 0. The van der Waals surface area contributed by atoms with Crippen LogP contribution in [0.25, 0.3) is 10.2 Å². The lowest BCUT2D eigenvalue weighted by Gasteiger charge is -2.08. The number of aromatic nitrogens is 1. The van der Waals surface area contributed by atoms with Crippen molar-refractivity contribution in [2.75, 3.05) is 13.7 Å². The third-order valence-corrected chi connectivity index (χ3v) is 6.11. The van der Waals surface area contributed by atoms with E-state index in [9.17, 15) is 9.59 Å². The summed E-state index contributed by atoms with van der Waals surface area (Å²) in [5.41, 5.74) is 0.715. The minimum absolute atomic E-state index is 0.0472. The van der Waals surface area contributed by atoms with Crippen molar-refractivity contribution in [2.24, 2.45) is 4.99 Å². The summed E-state index contributed by atoms with van der Waals surface area (Å²) >= 11 is 5.98. The van der Waals surface area contributed by atoms with E-state index in [4.69, 9.17) is 9.47 Å². The third kappa shape index (κ3) is 3.89. The Balaban J connectivity index is 2.15. The van der Waals surface area contributed by atoms with Crippen molar-refractivity contribution in [3.8, 4) is 5.75 Å². The van der Waals surface area contributed by atoms with Crippen LogP contribution in [0, 0.1) is 0 Å². The van der Waals surface area contributed by atoms with E-state index >= 15 is 0 Å². The fraction of sp³-hybridized carbons (Fsp3) is 0.235. The van der Waals surface area contributed by atoms with Gasteiger partial charge in [-0.3, -0.25) is 9.59 Å². The number of carbonyl (C=O) groups excluding carboxylic acids is 2. The summed E-state index contributed by atoms with van der Waals surface area (Å²) in [6.45, 7) is 1.99. The van der Waals surface area contributed by atoms with Gasteiger partial charge in [-0.2, -0.15) is 4.99 Å². The van der Waals surface area contributed by atoms with Gasteiger partial charge in [0, 0.05) is 0 Å². The molecule has 26 heavy (non-hydrogen) atoms. The predicted octanol–water partition coefficient (Wildman–Crippen LogP) is 3.84. The van der Waals surface area contributed by atoms with Crippen molar-refractivity contribution in [3.63, 3.8) is 0 Å². The Bertz CT molecular complexity index is 1030. The Hall–Kier alpha value is -1.97. The molecule has 0 aliphatic rings. The lowest BCUT2D eigenvalue weighted by molar-refractivity contribution is -0.143. The van der Waals surface area contributed by atoms with Gasteiger partial charge in [0.1, 0.15) is 17.8 Å². The highest BCUT2D eigenvalue weighted by molar-refractivity contribution is 9.11. The van der Waals surface area contributed by atoms with Crippen LogP contribution in [0.4, 0.5) is 0 Å². The van der Waals surface area contributed by atoms with E-state index in [2.05, 4.69) is 20.9 Å². The monoisotopic (exact) mass is 454 g/mol. The van der Waals surface area contributed by atoms with E-state index in [-0.39, 0.29) is 19.1 Å². The fourth-order valence-electron chi connectivity index (χ4n) is 2.40. The molecular formula is C17H15BrN2O4S2. The minimum atomic E-state index is -0.397. The van der Waals surface area contributed by atoms with Crippen molar-refractivity contribution in [1.29, 1.82) is 0 Å². The Labute approximate surface area is 165 Å². The molecule has 0 saturated heterocycles. The highest BCUT2D eigenvalue weighted by atomic mass is 79.9. The zero-order chi connectivity index (χ0) is 18.7. The summed E-state index contributed by atoms with van der Waals surface area (Å²) in [5, 5.41) is 0. The van der Waals surface area contributed by atoms with Gasteiger partial charge in [0.15, 0.2) is 4.80 Å². The van der Waals surface area contributed by atoms with Gasteiger partial charge >= 0.3 is 5.97 Å². The first-order chi connectivity index (χ1) is 12.5.